The molecule has 35 heavy (non-hydrogen) atoms. The minimum atomic E-state index is 0.0502. The molecular weight excluding hydrogens is 502 g/mol. The highest BCUT2D eigenvalue weighted by atomic mass is 79.9. The van der Waals surface area contributed by atoms with Crippen molar-refractivity contribution in [2.24, 2.45) is 0 Å². The van der Waals surface area contributed by atoms with Gasteiger partial charge in [0.15, 0.2) is 0 Å². The van der Waals surface area contributed by atoms with Crippen molar-refractivity contribution in [3.05, 3.63) is 75.9 Å². The van der Waals surface area contributed by atoms with Gasteiger partial charge in [-0.25, -0.2) is 4.68 Å². The van der Waals surface area contributed by atoms with Crippen molar-refractivity contribution in [1.29, 1.82) is 0 Å². The van der Waals surface area contributed by atoms with Gasteiger partial charge >= 0.3 is 0 Å². The summed E-state index contributed by atoms with van der Waals surface area (Å²) >= 11 is 3.52. The van der Waals surface area contributed by atoms with Crippen LogP contribution in [0.25, 0.3) is 5.69 Å². The first kappa shape index (κ1) is 25.5. The molecule has 3 aromatic rings. The van der Waals surface area contributed by atoms with Gasteiger partial charge < -0.3 is 14.7 Å². The minimum Gasteiger partial charge on any atom is -0.354 e. The van der Waals surface area contributed by atoms with E-state index in [9.17, 15) is 4.79 Å². The number of benzene rings is 2. The number of nitrogens with zero attached hydrogens (tertiary/aromatic N) is 5. The average molecular weight is 539 g/mol. The zero-order valence-corrected chi connectivity index (χ0v) is 22.8. The highest BCUT2D eigenvalue weighted by Crippen LogP contribution is 2.31. The Bertz CT molecular complexity index is 1140. The average Bonchev–Trinajstić information content (AvgIpc) is 3.22. The summed E-state index contributed by atoms with van der Waals surface area (Å²) in [6.45, 7) is 14.1. The number of piperazine rings is 1. The minimum absolute atomic E-state index is 0.0502. The van der Waals surface area contributed by atoms with Gasteiger partial charge in [0.25, 0.3) is 5.91 Å². The fourth-order valence-electron chi connectivity index (χ4n) is 4.69. The van der Waals surface area contributed by atoms with Gasteiger partial charge in [-0.05, 0) is 57.1 Å². The molecule has 0 N–H and O–H groups in total. The summed E-state index contributed by atoms with van der Waals surface area (Å²) in [5, 5.41) is 5.00. The van der Waals surface area contributed by atoms with Crippen molar-refractivity contribution >= 4 is 27.7 Å². The fourth-order valence-corrected chi connectivity index (χ4v) is 5.09. The Morgan fingerprint density at radius 3 is 2.40 bits per heavy atom. The number of halogens is 1. The molecule has 7 heteroatoms. The molecule has 1 aliphatic heterocycles. The first-order chi connectivity index (χ1) is 16.9. The predicted molar refractivity (Wildman–Crippen MR) is 146 cm³/mol. The molecule has 0 saturated carbocycles. The number of para-hydroxylation sites is 1. The maximum Gasteiger partial charge on any atom is 0.254 e. The number of hydrogen-bond donors (Lipinski definition) is 0. The van der Waals surface area contributed by atoms with E-state index < -0.39 is 0 Å². The summed E-state index contributed by atoms with van der Waals surface area (Å²) in [7, 11) is 0. The Morgan fingerprint density at radius 2 is 1.77 bits per heavy atom. The molecule has 0 radical (unpaired) electrons. The van der Waals surface area contributed by atoms with Crippen LogP contribution in [-0.2, 0) is 6.54 Å². The third-order valence-corrected chi connectivity index (χ3v) is 7.55. The van der Waals surface area contributed by atoms with Crippen molar-refractivity contribution in [1.82, 2.24) is 19.6 Å². The standard InChI is InChI=1S/C28H36BrN5O/c1-5-21(3)33(28(35)23-11-10-12-24(29)19-23)20-26-22(4)30-34(25-13-8-7-9-14-25)27(26)32-17-15-31(6-2)16-18-32/h7-14,19,21H,5-6,15-18,20H2,1-4H3/t21-/m1/s1. The zero-order valence-electron chi connectivity index (χ0n) is 21.2. The van der Waals surface area contributed by atoms with Crippen LogP contribution >= 0.6 is 15.9 Å². The fraction of sp³-hybridized carbons (Fsp3) is 0.429. The monoisotopic (exact) mass is 537 g/mol. The summed E-state index contributed by atoms with van der Waals surface area (Å²) in [5.74, 6) is 1.16. The van der Waals surface area contributed by atoms with Gasteiger partial charge in [-0.2, -0.15) is 5.10 Å². The normalized spacial score (nSPS) is 15.3. The molecule has 0 unspecified atom stereocenters. The van der Waals surface area contributed by atoms with Crippen LogP contribution in [0.5, 0.6) is 0 Å². The maximum atomic E-state index is 13.7. The number of amides is 1. The van der Waals surface area contributed by atoms with E-state index in [2.05, 4.69) is 70.2 Å². The van der Waals surface area contributed by atoms with Gasteiger partial charge in [0.1, 0.15) is 5.82 Å². The summed E-state index contributed by atoms with van der Waals surface area (Å²) in [6.07, 6.45) is 0.885. The molecule has 1 aromatic heterocycles. The lowest BCUT2D eigenvalue weighted by Gasteiger charge is -2.37. The van der Waals surface area contributed by atoms with Gasteiger partial charge in [0.05, 0.1) is 17.9 Å². The van der Waals surface area contributed by atoms with E-state index in [-0.39, 0.29) is 11.9 Å². The molecular formula is C28H36BrN5O. The lowest BCUT2D eigenvalue weighted by molar-refractivity contribution is 0.0671. The van der Waals surface area contributed by atoms with E-state index >= 15 is 0 Å². The van der Waals surface area contributed by atoms with Gasteiger partial charge in [0, 0.05) is 47.8 Å². The first-order valence-electron chi connectivity index (χ1n) is 12.6. The predicted octanol–water partition coefficient (Wildman–Crippen LogP) is 5.53. The van der Waals surface area contributed by atoms with Gasteiger partial charge in [-0.1, -0.05) is 54.0 Å². The number of rotatable bonds is 8. The van der Waals surface area contributed by atoms with Gasteiger partial charge in [0.2, 0.25) is 0 Å². The van der Waals surface area contributed by atoms with Crippen LogP contribution in [0.2, 0.25) is 0 Å². The van der Waals surface area contributed by atoms with Crippen molar-refractivity contribution in [3.63, 3.8) is 0 Å². The van der Waals surface area contributed by atoms with E-state index in [1.807, 2.05) is 47.4 Å². The highest BCUT2D eigenvalue weighted by molar-refractivity contribution is 9.10. The Morgan fingerprint density at radius 1 is 1.06 bits per heavy atom. The number of likely N-dealkylation sites (N-methyl/N-ethyl adjacent to an activating group) is 1. The first-order valence-corrected chi connectivity index (χ1v) is 13.4. The molecule has 1 aliphatic rings. The summed E-state index contributed by atoms with van der Waals surface area (Å²) in [5.41, 5.74) is 3.84. The molecule has 0 aliphatic carbocycles. The molecule has 2 heterocycles. The van der Waals surface area contributed by atoms with Crippen molar-refractivity contribution in [2.45, 2.75) is 46.7 Å². The second-order valence-corrected chi connectivity index (χ2v) is 10.2. The van der Waals surface area contributed by atoms with Crippen LogP contribution in [0.15, 0.2) is 59.1 Å². The zero-order chi connectivity index (χ0) is 24.9. The topological polar surface area (TPSA) is 44.6 Å². The smallest absolute Gasteiger partial charge is 0.254 e. The van der Waals surface area contributed by atoms with Crippen LogP contribution in [-0.4, -0.2) is 64.3 Å². The summed E-state index contributed by atoms with van der Waals surface area (Å²) in [4.78, 5) is 20.7. The van der Waals surface area contributed by atoms with E-state index in [4.69, 9.17) is 5.10 Å². The van der Waals surface area contributed by atoms with Crippen LogP contribution in [0.4, 0.5) is 5.82 Å². The molecule has 1 atom stereocenters. The van der Waals surface area contributed by atoms with Gasteiger partial charge in [-0.3, -0.25) is 4.79 Å². The number of carbonyl (C=O) groups is 1. The maximum absolute atomic E-state index is 13.7. The highest BCUT2D eigenvalue weighted by Gasteiger charge is 2.29. The molecule has 2 aromatic carbocycles. The molecule has 4 rings (SSSR count). The summed E-state index contributed by atoms with van der Waals surface area (Å²) in [6, 6.07) is 18.1. The molecule has 6 nitrogen and oxygen atoms in total. The Balaban J connectivity index is 1.75. The van der Waals surface area contributed by atoms with Crippen LogP contribution in [0, 0.1) is 6.92 Å². The van der Waals surface area contributed by atoms with Crippen LogP contribution < -0.4 is 4.90 Å². The van der Waals surface area contributed by atoms with E-state index in [0.717, 1.165) is 66.4 Å². The van der Waals surface area contributed by atoms with Crippen LogP contribution in [0.3, 0.4) is 0 Å². The van der Waals surface area contributed by atoms with Gasteiger partial charge in [-0.15, -0.1) is 0 Å². The molecule has 0 spiro atoms. The lowest BCUT2D eigenvalue weighted by atomic mass is 10.1. The molecule has 0 bridgehead atoms. The Kier molecular flexibility index (Phi) is 8.29. The van der Waals surface area contributed by atoms with Crippen LogP contribution in [0.1, 0.15) is 48.8 Å². The van der Waals surface area contributed by atoms with Crippen molar-refractivity contribution in [3.8, 4) is 5.69 Å². The third-order valence-electron chi connectivity index (χ3n) is 7.06. The van der Waals surface area contributed by atoms with E-state index in [0.29, 0.717) is 12.1 Å². The lowest BCUT2D eigenvalue weighted by Crippen LogP contribution is -2.47. The number of hydrogen-bond acceptors (Lipinski definition) is 4. The molecule has 1 amide bonds. The summed E-state index contributed by atoms with van der Waals surface area (Å²) < 4.78 is 2.99. The Hall–Kier alpha value is -2.64. The number of anilines is 1. The van der Waals surface area contributed by atoms with Crippen molar-refractivity contribution < 1.29 is 4.79 Å². The largest absolute Gasteiger partial charge is 0.354 e. The van der Waals surface area contributed by atoms with E-state index in [1.54, 1.807) is 0 Å². The molecule has 1 fully saturated rings. The molecule has 186 valence electrons. The molecule has 1 saturated heterocycles. The number of carbonyl (C=O) groups excluding carboxylic acids is 1. The number of aromatic nitrogens is 2. The number of aryl methyl sites for hydroxylation is 1. The quantitative estimate of drug-likeness (QED) is 0.379. The second-order valence-electron chi connectivity index (χ2n) is 9.26. The second kappa shape index (κ2) is 11.4. The van der Waals surface area contributed by atoms with Crippen molar-refractivity contribution in [2.75, 3.05) is 37.6 Å². The van der Waals surface area contributed by atoms with E-state index in [1.165, 1.54) is 0 Å². The SMILES string of the molecule is CC[C@@H](C)N(Cc1c(C)nn(-c2ccccc2)c1N1CCN(CC)CC1)C(=O)c1cccc(Br)c1. The Labute approximate surface area is 217 Å². The third kappa shape index (κ3) is 5.62.